The van der Waals surface area contributed by atoms with Crippen LogP contribution in [-0.4, -0.2) is 132 Å². The van der Waals surface area contributed by atoms with Crippen molar-refractivity contribution in [2.75, 3.05) is 32.7 Å². The lowest BCUT2D eigenvalue weighted by atomic mass is 9.79. The summed E-state index contributed by atoms with van der Waals surface area (Å²) < 4.78 is 0. The van der Waals surface area contributed by atoms with E-state index in [2.05, 4.69) is 140 Å². The Kier molecular flexibility index (Phi) is 32.3. The van der Waals surface area contributed by atoms with E-state index in [0.717, 1.165) is 71.0 Å². The van der Waals surface area contributed by atoms with Crippen molar-refractivity contribution in [3.05, 3.63) is 15.9 Å². The maximum absolute atomic E-state index is 12.6. The first-order valence-electron chi connectivity index (χ1n) is 31.1. The molecule has 82 heavy (non-hydrogen) atoms. The number of hydroxylamine groups is 6. The lowest BCUT2D eigenvalue weighted by Gasteiger charge is -2.53. The first kappa shape index (κ1) is 78.0. The van der Waals surface area contributed by atoms with Crippen LogP contribution in [0.25, 0.3) is 0 Å². The molecule has 0 atom stereocenters. The fraction of sp³-hybridized carbons (Fsp3) is 0.905. The highest BCUT2D eigenvalue weighted by Crippen LogP contribution is 2.42. The van der Waals surface area contributed by atoms with Crippen LogP contribution < -0.4 is 21.3 Å². The Morgan fingerprint density at radius 1 is 0.402 bits per heavy atom. The molecule has 3 saturated heterocycles. The zero-order valence-corrected chi connectivity index (χ0v) is 58.6. The first-order chi connectivity index (χ1) is 37.4. The third-order valence-electron chi connectivity index (χ3n) is 15.0. The largest absolute Gasteiger partial charge is 0.366 e. The summed E-state index contributed by atoms with van der Waals surface area (Å²) in [6.07, 6.45) is 18.2. The van der Waals surface area contributed by atoms with E-state index in [1.54, 1.807) is 0 Å². The van der Waals surface area contributed by atoms with Gasteiger partial charge >= 0.3 is 17.9 Å². The van der Waals surface area contributed by atoms with Gasteiger partial charge in [-0.2, -0.15) is 15.0 Å². The molecule has 19 heteroatoms. The van der Waals surface area contributed by atoms with Crippen molar-refractivity contribution < 1.29 is 28.9 Å². The van der Waals surface area contributed by atoms with Gasteiger partial charge in [0.15, 0.2) is 0 Å². The van der Waals surface area contributed by atoms with Gasteiger partial charge in [-0.1, -0.05) is 52.9 Å². The molecule has 0 aliphatic carbocycles. The van der Waals surface area contributed by atoms with Crippen molar-refractivity contribution in [2.24, 2.45) is 16.2 Å². The van der Waals surface area contributed by atoms with Gasteiger partial charge in [0.2, 0.25) is 15.9 Å². The predicted molar refractivity (Wildman–Crippen MR) is 341 cm³/mol. The summed E-state index contributed by atoms with van der Waals surface area (Å²) in [4.78, 5) is 65.7. The van der Waals surface area contributed by atoms with Gasteiger partial charge in [0.25, 0.3) is 0 Å². The molecule has 0 bridgehead atoms. The van der Waals surface area contributed by atoms with Crippen molar-refractivity contribution in [1.29, 1.82) is 0 Å². The molecule has 3 fully saturated rings. The van der Waals surface area contributed by atoms with E-state index in [0.29, 0.717) is 18.1 Å². The Morgan fingerprint density at radius 2 is 0.610 bits per heavy atom. The molecule has 0 spiro atoms. The molecule has 1 aromatic heterocycles. The Balaban J connectivity index is 0.000000687. The molecular formula is C63H121Cl3N10O6. The molecule has 480 valence electrons. The Morgan fingerprint density at radius 3 is 0.817 bits per heavy atom. The van der Waals surface area contributed by atoms with E-state index in [-0.39, 0.29) is 67.0 Å². The zero-order chi connectivity index (χ0) is 63.3. The predicted octanol–water partition coefficient (Wildman–Crippen LogP) is 14.7. The lowest BCUT2D eigenvalue weighted by molar-refractivity contribution is -0.274. The molecule has 16 nitrogen and oxygen atoms in total. The van der Waals surface area contributed by atoms with E-state index in [1.165, 1.54) is 64.5 Å². The molecule has 4 N–H and O–H groups in total. The van der Waals surface area contributed by atoms with Crippen LogP contribution in [0.15, 0.2) is 0 Å². The molecule has 0 unspecified atom stereocenters. The van der Waals surface area contributed by atoms with Crippen LogP contribution in [0.4, 0.5) is 0 Å². The summed E-state index contributed by atoms with van der Waals surface area (Å²) in [7, 11) is 0. The van der Waals surface area contributed by atoms with Gasteiger partial charge in [0, 0.05) is 18.1 Å². The third kappa shape index (κ3) is 28.2. The van der Waals surface area contributed by atoms with Gasteiger partial charge in [0.05, 0.1) is 49.5 Å². The number of rotatable bonds is 22. The van der Waals surface area contributed by atoms with E-state index < -0.39 is 16.2 Å². The van der Waals surface area contributed by atoms with Crippen LogP contribution in [0.2, 0.25) is 15.9 Å². The van der Waals surface area contributed by atoms with Crippen molar-refractivity contribution in [2.45, 2.75) is 320 Å². The van der Waals surface area contributed by atoms with Gasteiger partial charge in [-0.15, -0.1) is 15.2 Å². The molecule has 3 aliphatic rings. The monoisotopic (exact) mass is 1220 g/mol. The Bertz CT molecular complexity index is 1870. The number of nitrogens with zero attached hydrogens (tertiary/aromatic N) is 6. The highest BCUT2D eigenvalue weighted by molar-refractivity contribution is 6.33. The summed E-state index contributed by atoms with van der Waals surface area (Å²) in [5, 5.41) is 20.5. The van der Waals surface area contributed by atoms with Crippen molar-refractivity contribution in [3.63, 3.8) is 0 Å². The second-order valence-electron chi connectivity index (χ2n) is 30.2. The first-order valence-corrected chi connectivity index (χ1v) is 32.2. The fourth-order valence-electron chi connectivity index (χ4n) is 11.4. The standard InChI is InChI=1S/C34H66N4O4.C18H36N2O2.C8H19N.C3Cl3N3/c1-29(2,3)27(39)41-37-31(7,8)21-25(22-32(37,9)10)35-19-17-15-16-18-20-36-26-23-33(11,12)38(34(13,14)24-26)42-28(40)30(4,5)6;1-9-10-11-19-14-12-17(5,6)20(18(7,8)13-14)22-15(21)16(2,3)4;1-3-5-7-9-8-6-4-2;4-1-7-2(5)9-3(6)8-1/h25-26,35-36H,15-24H2,1-14H3;14,19H,9-13H2,1-8H3;9H,3-8H2,1-2H3;. The van der Waals surface area contributed by atoms with Gasteiger partial charge < -0.3 is 35.8 Å². The number of carbonyl (C=O) groups is 3. The number of hydrogen-bond donors (Lipinski definition) is 4. The summed E-state index contributed by atoms with van der Waals surface area (Å²) in [5.41, 5.74) is -2.83. The molecule has 0 radical (unpaired) electrons. The Hall–Kier alpha value is -1.99. The number of carbonyl (C=O) groups excluding carboxylic acids is 3. The van der Waals surface area contributed by atoms with Gasteiger partial charge in [-0.05, 0) is 284 Å². The summed E-state index contributed by atoms with van der Waals surface area (Å²) in [5.74, 6) is -0.515. The highest BCUT2D eigenvalue weighted by Gasteiger charge is 2.51. The van der Waals surface area contributed by atoms with Crippen LogP contribution in [0.5, 0.6) is 0 Å². The van der Waals surface area contributed by atoms with Crippen LogP contribution in [0.3, 0.4) is 0 Å². The normalized spacial score (nSPS) is 20.2. The topological polar surface area (TPSA) is 175 Å². The molecule has 4 heterocycles. The summed E-state index contributed by atoms with van der Waals surface area (Å²) >= 11 is 16.0. The highest BCUT2D eigenvalue weighted by atomic mass is 35.5. The summed E-state index contributed by atoms with van der Waals surface area (Å²) in [6, 6.07) is 1.28. The maximum atomic E-state index is 12.6. The van der Waals surface area contributed by atoms with Crippen molar-refractivity contribution in [1.82, 2.24) is 51.4 Å². The average Bonchev–Trinajstić information content (AvgIpc) is 3.30. The smallest absolute Gasteiger partial charge is 0.330 e. The number of aromatic nitrogens is 3. The minimum absolute atomic E-state index is 0.000000000000000444. The SMILES string of the molecule is CC(C)(C)C(=O)ON1C(C)(C)CC(NCCCCCCNC2CC(C)(C)N(OC(=O)C(C)(C)C)C(C)(C)C2)CC1(C)C.CCCCNC1CC(C)(C)N(OC(=O)C(C)(C)C)C(C)(C)C1.CCCCNCCCC.Clc1nc(Cl)nc(Cl)n1. The molecular weight excluding hydrogens is 1100 g/mol. The molecule has 1 aromatic rings. The Labute approximate surface area is 515 Å². The molecule has 0 saturated carbocycles. The van der Waals surface area contributed by atoms with Crippen LogP contribution in [0, 0.1) is 16.2 Å². The second-order valence-corrected chi connectivity index (χ2v) is 31.2. The van der Waals surface area contributed by atoms with Gasteiger partial charge in [-0.25, -0.2) is 14.4 Å². The molecule has 4 rings (SSSR count). The minimum Gasteiger partial charge on any atom is -0.366 e. The average molecular weight is 1220 g/mol. The van der Waals surface area contributed by atoms with E-state index in [1.807, 2.05) is 77.5 Å². The molecule has 0 aromatic carbocycles. The van der Waals surface area contributed by atoms with Crippen LogP contribution in [-0.2, 0) is 28.9 Å². The zero-order valence-electron chi connectivity index (χ0n) is 56.3. The lowest BCUT2D eigenvalue weighted by Crippen LogP contribution is -2.64. The number of halogens is 3. The van der Waals surface area contributed by atoms with Crippen LogP contribution >= 0.6 is 34.8 Å². The number of unbranched alkanes of at least 4 members (excludes halogenated alkanes) is 6. The van der Waals surface area contributed by atoms with Crippen molar-refractivity contribution in [3.8, 4) is 0 Å². The minimum atomic E-state index is -0.524. The van der Waals surface area contributed by atoms with Crippen molar-refractivity contribution >= 4 is 52.7 Å². The van der Waals surface area contributed by atoms with E-state index in [4.69, 9.17) is 49.3 Å². The van der Waals surface area contributed by atoms with Gasteiger partial charge in [-0.3, -0.25) is 0 Å². The molecule has 3 aliphatic heterocycles. The number of piperidine rings is 3. The summed E-state index contributed by atoms with van der Waals surface area (Å²) in [6.45, 7) is 55.3. The van der Waals surface area contributed by atoms with E-state index in [9.17, 15) is 14.4 Å². The van der Waals surface area contributed by atoms with Crippen LogP contribution in [0.1, 0.15) is 269 Å². The fourth-order valence-corrected chi connectivity index (χ4v) is 12.0. The quantitative estimate of drug-likeness (QED) is 0.0806. The third-order valence-corrected chi connectivity index (χ3v) is 15.5. The number of hydrogen-bond acceptors (Lipinski definition) is 16. The second kappa shape index (κ2) is 33.9. The maximum Gasteiger partial charge on any atom is 0.330 e. The number of nitrogens with one attached hydrogen (secondary N) is 4. The molecule has 0 amide bonds. The van der Waals surface area contributed by atoms with Gasteiger partial charge in [0.1, 0.15) is 0 Å². The van der Waals surface area contributed by atoms with E-state index >= 15 is 0 Å².